The molecule has 0 radical (unpaired) electrons. The summed E-state index contributed by atoms with van der Waals surface area (Å²) in [5.41, 5.74) is 1.54. The molecule has 21 heavy (non-hydrogen) atoms. The van der Waals surface area contributed by atoms with Gasteiger partial charge in [0.25, 0.3) is 0 Å². The van der Waals surface area contributed by atoms with E-state index in [1.165, 1.54) is 19.2 Å². The number of halogens is 1. The molecule has 2 heterocycles. The first-order chi connectivity index (χ1) is 10.2. The lowest BCUT2D eigenvalue weighted by atomic mass is 10.4. The van der Waals surface area contributed by atoms with Gasteiger partial charge < -0.3 is 14.2 Å². The second-order valence-corrected chi connectivity index (χ2v) is 5.76. The molecule has 1 aliphatic carbocycles. The first-order valence-electron chi connectivity index (χ1n) is 7.25. The molecule has 0 aromatic carbocycles. The van der Waals surface area contributed by atoms with Gasteiger partial charge in [-0.25, -0.2) is 9.97 Å². The van der Waals surface area contributed by atoms with Crippen LogP contribution in [0.5, 0.6) is 5.88 Å². The van der Waals surface area contributed by atoms with Crippen molar-refractivity contribution >= 4 is 22.8 Å². The molecule has 0 spiro atoms. The van der Waals surface area contributed by atoms with Crippen LogP contribution in [0.25, 0.3) is 11.2 Å². The zero-order valence-electron chi connectivity index (χ0n) is 12.4. The number of rotatable bonds is 7. The summed E-state index contributed by atoms with van der Waals surface area (Å²) in [7, 11) is 3.77. The van der Waals surface area contributed by atoms with E-state index in [2.05, 4.69) is 31.5 Å². The predicted molar refractivity (Wildman–Crippen MR) is 82.0 cm³/mol. The van der Waals surface area contributed by atoms with Crippen LogP contribution in [-0.4, -0.2) is 57.0 Å². The van der Waals surface area contributed by atoms with E-state index in [0.717, 1.165) is 30.6 Å². The zero-order chi connectivity index (χ0) is 14.8. The Morgan fingerprint density at radius 2 is 2.24 bits per heavy atom. The Morgan fingerprint density at radius 3 is 2.90 bits per heavy atom. The molecule has 0 aliphatic heterocycles. The van der Waals surface area contributed by atoms with Gasteiger partial charge in [0.2, 0.25) is 5.88 Å². The van der Waals surface area contributed by atoms with Crippen molar-refractivity contribution in [2.75, 3.05) is 26.6 Å². The summed E-state index contributed by atoms with van der Waals surface area (Å²) in [4.78, 5) is 15.5. The van der Waals surface area contributed by atoms with Gasteiger partial charge in [-0.2, -0.15) is 4.98 Å². The number of likely N-dealkylation sites (N-methyl/N-ethyl adjacent to an activating group) is 1. The first-order valence-corrected chi connectivity index (χ1v) is 7.78. The molecule has 2 aromatic rings. The fourth-order valence-electron chi connectivity index (χ4n) is 2.58. The molecule has 3 rings (SSSR count). The molecular formula is C14H20ClN5O. The van der Waals surface area contributed by atoms with Crippen molar-refractivity contribution in [3.63, 3.8) is 0 Å². The van der Waals surface area contributed by atoms with Crippen LogP contribution in [0.1, 0.15) is 18.7 Å². The third kappa shape index (κ3) is 2.96. The van der Waals surface area contributed by atoms with Crippen molar-refractivity contribution in [3.8, 4) is 5.88 Å². The number of fused-ring (bicyclic) bond motifs is 1. The molecule has 0 unspecified atom stereocenters. The van der Waals surface area contributed by atoms with Gasteiger partial charge in [0.1, 0.15) is 12.2 Å². The van der Waals surface area contributed by atoms with Crippen molar-refractivity contribution in [1.82, 2.24) is 24.4 Å². The predicted octanol–water partition coefficient (Wildman–Crippen LogP) is 1.71. The Kier molecular flexibility index (Phi) is 4.26. The minimum atomic E-state index is 0.519. The van der Waals surface area contributed by atoms with Crippen LogP contribution >= 0.6 is 11.6 Å². The lowest BCUT2D eigenvalue weighted by Crippen LogP contribution is -2.26. The van der Waals surface area contributed by atoms with E-state index in [9.17, 15) is 0 Å². The number of imidazole rings is 1. The van der Waals surface area contributed by atoms with Crippen LogP contribution in [0.15, 0.2) is 6.33 Å². The number of hydrogen-bond donors (Lipinski definition) is 0. The number of aromatic nitrogens is 4. The Morgan fingerprint density at radius 1 is 1.43 bits per heavy atom. The lowest BCUT2D eigenvalue weighted by molar-refractivity contribution is 0.309. The quantitative estimate of drug-likeness (QED) is 0.729. The molecule has 1 fully saturated rings. The highest BCUT2D eigenvalue weighted by Crippen LogP contribution is 2.26. The standard InChI is InChI=1S/C14H20ClN5O/c1-19(10-3-4-10)7-8-20-11(5-6-15)18-12-13(20)16-9-17-14(12)21-2/h9-10H,3-8H2,1-2H3. The number of hydrogen-bond acceptors (Lipinski definition) is 5. The second-order valence-electron chi connectivity index (χ2n) is 5.39. The van der Waals surface area contributed by atoms with Gasteiger partial charge in [0.05, 0.1) is 7.11 Å². The van der Waals surface area contributed by atoms with Gasteiger partial charge in [-0.05, 0) is 19.9 Å². The van der Waals surface area contributed by atoms with Crippen LogP contribution in [0, 0.1) is 0 Å². The molecule has 0 atom stereocenters. The maximum absolute atomic E-state index is 5.90. The summed E-state index contributed by atoms with van der Waals surface area (Å²) in [6.07, 6.45) is 4.86. The zero-order valence-corrected chi connectivity index (χ0v) is 13.2. The van der Waals surface area contributed by atoms with E-state index in [4.69, 9.17) is 16.3 Å². The average molecular weight is 310 g/mol. The normalized spacial score (nSPS) is 15.0. The number of methoxy groups -OCH3 is 1. The monoisotopic (exact) mass is 309 g/mol. The SMILES string of the molecule is COc1ncnc2c1nc(CCCl)n2CCN(C)C1CC1. The Balaban J connectivity index is 1.91. The molecule has 0 N–H and O–H groups in total. The summed E-state index contributed by atoms with van der Waals surface area (Å²) in [6.45, 7) is 1.84. The van der Waals surface area contributed by atoms with Crippen molar-refractivity contribution in [2.45, 2.75) is 31.8 Å². The Labute approximate surface area is 129 Å². The maximum atomic E-state index is 5.90. The number of ether oxygens (including phenoxy) is 1. The van der Waals surface area contributed by atoms with Crippen molar-refractivity contribution in [1.29, 1.82) is 0 Å². The molecule has 1 saturated carbocycles. The molecule has 0 amide bonds. The van der Waals surface area contributed by atoms with E-state index in [-0.39, 0.29) is 0 Å². The largest absolute Gasteiger partial charge is 0.479 e. The summed E-state index contributed by atoms with van der Waals surface area (Å²) in [6, 6.07) is 0.750. The Hall–Kier alpha value is -1.40. The molecular weight excluding hydrogens is 290 g/mol. The van der Waals surface area contributed by atoms with Gasteiger partial charge in [-0.1, -0.05) is 0 Å². The van der Waals surface area contributed by atoms with Gasteiger partial charge >= 0.3 is 0 Å². The summed E-state index contributed by atoms with van der Waals surface area (Å²) >= 11 is 5.90. The van der Waals surface area contributed by atoms with E-state index >= 15 is 0 Å². The molecule has 1 aliphatic rings. The van der Waals surface area contributed by atoms with E-state index in [1.807, 2.05) is 0 Å². The Bertz CT molecular complexity index is 625. The van der Waals surface area contributed by atoms with Gasteiger partial charge in [-0.3, -0.25) is 0 Å². The minimum absolute atomic E-state index is 0.519. The van der Waals surface area contributed by atoms with Crippen LogP contribution in [-0.2, 0) is 13.0 Å². The summed E-state index contributed by atoms with van der Waals surface area (Å²) < 4.78 is 7.42. The fraction of sp³-hybridized carbons (Fsp3) is 0.643. The molecule has 6 nitrogen and oxygen atoms in total. The van der Waals surface area contributed by atoms with Crippen molar-refractivity contribution in [2.24, 2.45) is 0 Å². The van der Waals surface area contributed by atoms with Crippen LogP contribution < -0.4 is 4.74 Å². The van der Waals surface area contributed by atoms with Crippen LogP contribution in [0.4, 0.5) is 0 Å². The molecule has 0 bridgehead atoms. The van der Waals surface area contributed by atoms with E-state index < -0.39 is 0 Å². The topological polar surface area (TPSA) is 56.1 Å². The number of nitrogens with zero attached hydrogens (tertiary/aromatic N) is 5. The lowest BCUT2D eigenvalue weighted by Gasteiger charge is -2.17. The third-order valence-electron chi connectivity index (χ3n) is 3.94. The second kappa shape index (κ2) is 6.15. The highest BCUT2D eigenvalue weighted by molar-refractivity contribution is 6.17. The van der Waals surface area contributed by atoms with E-state index in [0.29, 0.717) is 23.7 Å². The van der Waals surface area contributed by atoms with Crippen LogP contribution in [0.3, 0.4) is 0 Å². The number of aryl methyl sites for hydroxylation is 1. The van der Waals surface area contributed by atoms with Crippen molar-refractivity contribution in [3.05, 3.63) is 12.2 Å². The van der Waals surface area contributed by atoms with Gasteiger partial charge in [0, 0.05) is 31.4 Å². The number of alkyl halides is 1. The fourth-order valence-corrected chi connectivity index (χ4v) is 2.75. The molecule has 114 valence electrons. The molecule has 0 saturated heterocycles. The van der Waals surface area contributed by atoms with Gasteiger partial charge in [-0.15, -0.1) is 11.6 Å². The maximum Gasteiger partial charge on any atom is 0.245 e. The van der Waals surface area contributed by atoms with Gasteiger partial charge in [0.15, 0.2) is 11.2 Å². The van der Waals surface area contributed by atoms with E-state index in [1.54, 1.807) is 7.11 Å². The highest BCUT2D eigenvalue weighted by Gasteiger charge is 2.26. The van der Waals surface area contributed by atoms with Crippen molar-refractivity contribution < 1.29 is 4.74 Å². The molecule has 2 aromatic heterocycles. The summed E-state index contributed by atoms with van der Waals surface area (Å²) in [5, 5.41) is 0. The minimum Gasteiger partial charge on any atom is -0.479 e. The smallest absolute Gasteiger partial charge is 0.245 e. The van der Waals surface area contributed by atoms with Crippen LogP contribution in [0.2, 0.25) is 0 Å². The highest BCUT2D eigenvalue weighted by atomic mass is 35.5. The summed E-state index contributed by atoms with van der Waals surface area (Å²) in [5.74, 6) is 2.01. The first kappa shape index (κ1) is 14.5. The third-order valence-corrected chi connectivity index (χ3v) is 4.12. The molecule has 7 heteroatoms. The average Bonchev–Trinajstić information content (AvgIpc) is 3.28.